The van der Waals surface area contributed by atoms with Crippen LogP contribution in [0, 0.1) is 0 Å². The summed E-state index contributed by atoms with van der Waals surface area (Å²) in [4.78, 5) is 13.0. The molecule has 0 spiro atoms. The summed E-state index contributed by atoms with van der Waals surface area (Å²) in [5.41, 5.74) is 0.996. The van der Waals surface area contributed by atoms with Crippen LogP contribution in [0.15, 0.2) is 0 Å². The van der Waals surface area contributed by atoms with Gasteiger partial charge in [0.15, 0.2) is 0 Å². The summed E-state index contributed by atoms with van der Waals surface area (Å²) in [6.07, 6.45) is 0.478. The van der Waals surface area contributed by atoms with Crippen LogP contribution < -0.4 is 11.3 Å². The lowest BCUT2D eigenvalue weighted by molar-refractivity contribution is -0.126. The minimum atomic E-state index is -1.07. The maximum atomic E-state index is 11.2. The van der Waals surface area contributed by atoms with Crippen molar-refractivity contribution in [3.8, 4) is 0 Å². The van der Waals surface area contributed by atoms with E-state index in [0.717, 1.165) is 0 Å². The topological polar surface area (TPSA) is 98.8 Å². The first-order valence-electron chi connectivity index (χ1n) is 4.60. The predicted molar refractivity (Wildman–Crippen MR) is 50.0 cm³/mol. The molecule has 1 heterocycles. The third-order valence-corrected chi connectivity index (χ3v) is 2.73. The standard InChI is InChI=1S/C8H17N3O3/c1-6(7(13)10-9)11-3-2-8(14,4-11)5-12/h6,12,14H,2-5,9H2,1H3,(H,10,13). The number of carbonyl (C=O) groups excluding carboxylic acids is 1. The molecule has 1 fully saturated rings. The van der Waals surface area contributed by atoms with Crippen molar-refractivity contribution in [1.82, 2.24) is 10.3 Å². The fraction of sp³-hybridized carbons (Fsp3) is 0.875. The molecule has 0 aromatic heterocycles. The van der Waals surface area contributed by atoms with Gasteiger partial charge in [0.25, 0.3) is 5.91 Å². The number of hydrazine groups is 1. The van der Waals surface area contributed by atoms with Gasteiger partial charge in [0.1, 0.15) is 5.60 Å². The number of β-amino-alcohol motifs (C(OH)–C–C–N with tert-alkyl or cyclic N) is 1. The van der Waals surface area contributed by atoms with Crippen LogP contribution in [-0.4, -0.2) is 52.4 Å². The van der Waals surface area contributed by atoms with Gasteiger partial charge in [0, 0.05) is 13.1 Å². The highest BCUT2D eigenvalue weighted by atomic mass is 16.3. The van der Waals surface area contributed by atoms with Gasteiger partial charge < -0.3 is 10.2 Å². The molecule has 0 bridgehead atoms. The monoisotopic (exact) mass is 203 g/mol. The predicted octanol–water partition coefficient (Wildman–Crippen LogP) is -2.21. The molecule has 0 saturated carbocycles. The first-order valence-corrected chi connectivity index (χ1v) is 4.60. The average Bonchev–Trinajstić information content (AvgIpc) is 2.59. The van der Waals surface area contributed by atoms with E-state index in [1.54, 1.807) is 11.8 Å². The lowest BCUT2D eigenvalue weighted by Gasteiger charge is -2.24. The summed E-state index contributed by atoms with van der Waals surface area (Å²) in [6, 6.07) is -0.374. The Balaban J connectivity index is 2.53. The number of rotatable bonds is 3. The number of nitrogens with zero attached hydrogens (tertiary/aromatic N) is 1. The van der Waals surface area contributed by atoms with Gasteiger partial charge in [-0.25, -0.2) is 5.84 Å². The van der Waals surface area contributed by atoms with Gasteiger partial charge in [0.05, 0.1) is 12.6 Å². The molecule has 6 heteroatoms. The van der Waals surface area contributed by atoms with Crippen molar-refractivity contribution >= 4 is 5.91 Å². The second kappa shape index (κ2) is 4.22. The normalized spacial score (nSPS) is 30.3. The SMILES string of the molecule is CC(C(=O)NN)N1CCC(O)(CO)C1. The number of hydrogen-bond acceptors (Lipinski definition) is 5. The zero-order valence-electron chi connectivity index (χ0n) is 8.23. The Kier molecular flexibility index (Phi) is 3.43. The lowest BCUT2D eigenvalue weighted by atomic mass is 10.1. The Hall–Kier alpha value is -0.690. The molecule has 1 rings (SSSR count). The summed E-state index contributed by atoms with van der Waals surface area (Å²) >= 11 is 0. The maximum absolute atomic E-state index is 11.2. The van der Waals surface area contributed by atoms with Gasteiger partial charge in [0.2, 0.25) is 0 Å². The highest BCUT2D eigenvalue weighted by Gasteiger charge is 2.38. The smallest absolute Gasteiger partial charge is 0.250 e. The van der Waals surface area contributed by atoms with Crippen molar-refractivity contribution < 1.29 is 15.0 Å². The van der Waals surface area contributed by atoms with E-state index in [4.69, 9.17) is 10.9 Å². The molecule has 0 aromatic carbocycles. The summed E-state index contributed by atoms with van der Waals surface area (Å²) in [6.45, 7) is 2.33. The summed E-state index contributed by atoms with van der Waals surface area (Å²) in [5, 5.41) is 18.6. The molecule has 6 nitrogen and oxygen atoms in total. The first kappa shape index (κ1) is 11.4. The number of aliphatic hydroxyl groups is 2. The Bertz CT molecular complexity index is 224. The van der Waals surface area contributed by atoms with Crippen LogP contribution in [0.1, 0.15) is 13.3 Å². The number of amides is 1. The molecule has 1 amide bonds. The van der Waals surface area contributed by atoms with Gasteiger partial charge in [-0.1, -0.05) is 0 Å². The van der Waals surface area contributed by atoms with Gasteiger partial charge >= 0.3 is 0 Å². The van der Waals surface area contributed by atoms with E-state index in [9.17, 15) is 9.90 Å². The van der Waals surface area contributed by atoms with Crippen LogP contribution in [0.5, 0.6) is 0 Å². The fourth-order valence-corrected chi connectivity index (χ4v) is 1.63. The molecular weight excluding hydrogens is 186 g/mol. The molecule has 5 N–H and O–H groups in total. The molecule has 14 heavy (non-hydrogen) atoms. The molecule has 2 atom stereocenters. The van der Waals surface area contributed by atoms with E-state index in [-0.39, 0.29) is 18.6 Å². The summed E-state index contributed by atoms with van der Waals surface area (Å²) in [5.74, 6) is 4.72. The van der Waals surface area contributed by atoms with Gasteiger partial charge in [-0.3, -0.25) is 15.1 Å². The molecule has 1 saturated heterocycles. The van der Waals surface area contributed by atoms with Gasteiger partial charge in [-0.2, -0.15) is 0 Å². The van der Waals surface area contributed by atoms with Gasteiger partial charge in [-0.05, 0) is 13.3 Å². The molecule has 82 valence electrons. The van der Waals surface area contributed by atoms with Crippen molar-refractivity contribution in [2.45, 2.75) is 25.0 Å². The van der Waals surface area contributed by atoms with Crippen LogP contribution in [0.3, 0.4) is 0 Å². The second-order valence-corrected chi connectivity index (χ2v) is 3.79. The number of hydrogen-bond donors (Lipinski definition) is 4. The molecule has 1 aliphatic rings. The zero-order chi connectivity index (χ0) is 10.8. The zero-order valence-corrected chi connectivity index (χ0v) is 8.23. The minimum absolute atomic E-state index is 0.277. The highest BCUT2D eigenvalue weighted by Crippen LogP contribution is 2.22. The van der Waals surface area contributed by atoms with Crippen molar-refractivity contribution in [3.05, 3.63) is 0 Å². The van der Waals surface area contributed by atoms with Crippen LogP contribution in [0.4, 0.5) is 0 Å². The summed E-state index contributed by atoms with van der Waals surface area (Å²) < 4.78 is 0. The number of carbonyl (C=O) groups is 1. The van der Waals surface area contributed by atoms with Crippen LogP contribution in [-0.2, 0) is 4.79 Å². The molecular formula is C8H17N3O3. The van der Waals surface area contributed by atoms with E-state index in [1.807, 2.05) is 0 Å². The van der Waals surface area contributed by atoms with E-state index in [0.29, 0.717) is 19.5 Å². The van der Waals surface area contributed by atoms with Crippen molar-refractivity contribution in [2.75, 3.05) is 19.7 Å². The number of likely N-dealkylation sites (tertiary alicyclic amines) is 1. The average molecular weight is 203 g/mol. The molecule has 0 aliphatic carbocycles. The lowest BCUT2D eigenvalue weighted by Crippen LogP contribution is -2.48. The quantitative estimate of drug-likeness (QED) is 0.237. The van der Waals surface area contributed by atoms with E-state index in [1.165, 1.54) is 0 Å². The van der Waals surface area contributed by atoms with Crippen molar-refractivity contribution in [2.24, 2.45) is 5.84 Å². The van der Waals surface area contributed by atoms with Crippen molar-refractivity contribution in [3.63, 3.8) is 0 Å². The number of nitrogens with one attached hydrogen (secondary N) is 1. The van der Waals surface area contributed by atoms with Crippen molar-refractivity contribution in [1.29, 1.82) is 0 Å². The Morgan fingerprint density at radius 1 is 1.79 bits per heavy atom. The highest BCUT2D eigenvalue weighted by molar-refractivity contribution is 5.80. The molecule has 2 unspecified atom stereocenters. The Labute approximate surface area is 82.7 Å². The number of nitrogens with two attached hydrogens (primary N) is 1. The Morgan fingerprint density at radius 3 is 2.86 bits per heavy atom. The van der Waals surface area contributed by atoms with E-state index >= 15 is 0 Å². The third-order valence-electron chi connectivity index (χ3n) is 2.73. The fourth-order valence-electron chi connectivity index (χ4n) is 1.63. The minimum Gasteiger partial charge on any atom is -0.393 e. The van der Waals surface area contributed by atoms with Gasteiger partial charge in [-0.15, -0.1) is 0 Å². The third kappa shape index (κ3) is 2.21. The second-order valence-electron chi connectivity index (χ2n) is 3.79. The van der Waals surface area contributed by atoms with Crippen LogP contribution in [0.2, 0.25) is 0 Å². The van der Waals surface area contributed by atoms with E-state index in [2.05, 4.69) is 5.43 Å². The number of aliphatic hydroxyl groups excluding tert-OH is 1. The molecule has 0 aromatic rings. The molecule has 0 radical (unpaired) electrons. The maximum Gasteiger partial charge on any atom is 0.250 e. The van der Waals surface area contributed by atoms with Crippen LogP contribution >= 0.6 is 0 Å². The molecule has 1 aliphatic heterocycles. The van der Waals surface area contributed by atoms with Crippen LogP contribution in [0.25, 0.3) is 0 Å². The summed E-state index contributed by atoms with van der Waals surface area (Å²) in [7, 11) is 0. The van der Waals surface area contributed by atoms with E-state index < -0.39 is 5.60 Å². The largest absolute Gasteiger partial charge is 0.393 e. The first-order chi connectivity index (χ1) is 6.52. The Morgan fingerprint density at radius 2 is 2.43 bits per heavy atom.